The van der Waals surface area contributed by atoms with Gasteiger partial charge < -0.3 is 25.7 Å². The molecule has 3 rings (SSSR count). The first-order chi connectivity index (χ1) is 16.3. The number of hydrogen-bond donors (Lipinski definition) is 3. The molecule has 13 heteroatoms. The van der Waals surface area contributed by atoms with Gasteiger partial charge in [-0.3, -0.25) is 9.59 Å². The van der Waals surface area contributed by atoms with Crippen molar-refractivity contribution >= 4 is 42.2 Å². The van der Waals surface area contributed by atoms with E-state index in [-0.39, 0.29) is 22.3 Å². The lowest BCUT2D eigenvalue weighted by Crippen LogP contribution is -2.55. The van der Waals surface area contributed by atoms with Crippen molar-refractivity contribution in [2.24, 2.45) is 5.92 Å². The van der Waals surface area contributed by atoms with Gasteiger partial charge in [0.1, 0.15) is 11.3 Å². The summed E-state index contributed by atoms with van der Waals surface area (Å²) in [5, 5.41) is 4.69. The lowest BCUT2D eigenvalue weighted by atomic mass is 9.72. The maximum Gasteiger partial charge on any atom is 0.620 e. The quantitative estimate of drug-likeness (QED) is 0.387. The molecule has 0 saturated carbocycles. The fraction of sp³-hybridized carbons (Fsp3) is 0.318. The van der Waals surface area contributed by atoms with Gasteiger partial charge in [-0.15, -0.1) is 0 Å². The van der Waals surface area contributed by atoms with E-state index in [1.54, 1.807) is 6.07 Å². The van der Waals surface area contributed by atoms with E-state index in [9.17, 15) is 27.6 Å². The normalized spacial score (nSPS) is 14.0. The second kappa shape index (κ2) is 10.5. The number of nitrogen functional groups attached to an aromatic ring is 1. The average Bonchev–Trinajstić information content (AvgIpc) is 2.76. The van der Waals surface area contributed by atoms with E-state index in [2.05, 4.69) is 10.6 Å². The van der Waals surface area contributed by atoms with Gasteiger partial charge in [-0.2, -0.15) is 13.2 Å². The van der Waals surface area contributed by atoms with Crippen LogP contribution in [-0.2, 0) is 15.6 Å². The summed E-state index contributed by atoms with van der Waals surface area (Å²) in [6, 6.07) is 6.80. The maximum atomic E-state index is 12.9. The Labute approximate surface area is 204 Å². The van der Waals surface area contributed by atoms with Crippen molar-refractivity contribution in [1.29, 1.82) is 0 Å². The van der Waals surface area contributed by atoms with E-state index < -0.39 is 54.7 Å². The van der Waals surface area contributed by atoms with Gasteiger partial charge in [0.05, 0.1) is 28.6 Å². The summed E-state index contributed by atoms with van der Waals surface area (Å²) in [7, 11) is -1.14. The van der Waals surface area contributed by atoms with E-state index in [1.165, 1.54) is 12.1 Å². The Morgan fingerprint density at radius 3 is 2.51 bits per heavy atom. The van der Waals surface area contributed by atoms with Crippen LogP contribution in [-0.4, -0.2) is 37.4 Å². The average molecular weight is 512 g/mol. The summed E-state index contributed by atoms with van der Waals surface area (Å²) in [4.78, 5) is 37.3. The molecular formula is C22H22BClF3N3O5. The van der Waals surface area contributed by atoms with Crippen LogP contribution in [0.15, 0.2) is 36.4 Å². The monoisotopic (exact) mass is 511 g/mol. The van der Waals surface area contributed by atoms with E-state index >= 15 is 0 Å². The molecule has 0 fully saturated rings. The third kappa shape index (κ3) is 6.59. The molecule has 1 aliphatic heterocycles. The molecule has 0 saturated heterocycles. The molecule has 1 atom stereocenters. The van der Waals surface area contributed by atoms with Crippen LogP contribution in [0.4, 0.5) is 18.9 Å². The van der Waals surface area contributed by atoms with Gasteiger partial charge in [-0.1, -0.05) is 25.4 Å². The predicted molar refractivity (Wildman–Crippen MR) is 123 cm³/mol. The van der Waals surface area contributed by atoms with Gasteiger partial charge in [-0.25, -0.2) is 4.79 Å². The Hall–Kier alpha value is -3.41. The zero-order valence-electron chi connectivity index (χ0n) is 18.7. The Balaban J connectivity index is 1.67. The van der Waals surface area contributed by atoms with E-state index in [1.807, 2.05) is 13.8 Å². The molecule has 8 nitrogen and oxygen atoms in total. The summed E-state index contributed by atoms with van der Waals surface area (Å²) >= 11 is 5.86. The highest BCUT2D eigenvalue weighted by atomic mass is 35.5. The summed E-state index contributed by atoms with van der Waals surface area (Å²) in [6.45, 7) is 3.21. The Kier molecular flexibility index (Phi) is 7.84. The summed E-state index contributed by atoms with van der Waals surface area (Å²) < 4.78 is 49.9. The minimum Gasteiger partial charge on any atom is -0.524 e. The first-order valence-corrected chi connectivity index (χ1v) is 10.9. The number of carbonyl (C=O) groups excluding carboxylic acids is 3. The molecule has 186 valence electrons. The molecule has 2 aromatic carbocycles. The number of carbonyl (C=O) groups is 3. The number of fused-ring (bicyclic) bond motifs is 1. The Morgan fingerprint density at radius 1 is 1.14 bits per heavy atom. The van der Waals surface area contributed by atoms with Gasteiger partial charge in [0.25, 0.3) is 5.91 Å². The minimum atomic E-state index is -4.66. The second-order valence-corrected chi connectivity index (χ2v) is 8.73. The highest BCUT2D eigenvalue weighted by molar-refractivity contribution is 6.51. The van der Waals surface area contributed by atoms with Crippen molar-refractivity contribution in [2.75, 3.05) is 12.3 Å². The number of nitrogens with two attached hydrogens (primary N) is 1. The highest BCUT2D eigenvalue weighted by Crippen LogP contribution is 2.32. The van der Waals surface area contributed by atoms with Crippen LogP contribution in [0.3, 0.4) is 0 Å². The maximum absolute atomic E-state index is 12.9. The number of alkyl halides is 3. The van der Waals surface area contributed by atoms with Gasteiger partial charge in [0, 0.05) is 5.69 Å². The summed E-state index contributed by atoms with van der Waals surface area (Å²) in [5.74, 6) is -2.76. The molecule has 2 amide bonds. The van der Waals surface area contributed by atoms with Crippen molar-refractivity contribution in [2.45, 2.75) is 32.4 Å². The van der Waals surface area contributed by atoms with Crippen LogP contribution in [0.2, 0.25) is 5.02 Å². The molecule has 1 heterocycles. The highest BCUT2D eigenvalue weighted by Gasteiger charge is 2.42. The zero-order valence-corrected chi connectivity index (χ0v) is 19.5. The zero-order chi connectivity index (χ0) is 25.9. The first-order valence-electron chi connectivity index (χ1n) is 10.6. The SMILES string of the molecule is CC(C)C[C@H](NC(=O)CNC(=O)c1cc(C(F)(F)F)ccc1Cl)B1OC(=O)c2cc(N)ccc2O1. The van der Waals surface area contributed by atoms with E-state index in [4.69, 9.17) is 26.6 Å². The number of rotatable bonds is 7. The van der Waals surface area contributed by atoms with Gasteiger partial charge in [0.15, 0.2) is 0 Å². The van der Waals surface area contributed by atoms with Crippen LogP contribution in [0.5, 0.6) is 5.75 Å². The molecule has 4 N–H and O–H groups in total. The number of amides is 2. The Bertz CT molecular complexity index is 1150. The topological polar surface area (TPSA) is 120 Å². The standard InChI is InChI=1S/C22H22BClF3N3O5/c1-11(2)7-18(23-34-17-6-4-13(28)9-15(17)21(33)35-23)30-19(31)10-29-20(32)14-8-12(22(25,26)27)3-5-16(14)24/h3-6,8-9,11,18H,7,10,28H2,1-2H3,(H,29,32)(H,30,31)/t18-/m0/s1. The van der Waals surface area contributed by atoms with Gasteiger partial charge >= 0.3 is 19.3 Å². The molecular weight excluding hydrogens is 490 g/mol. The third-order valence-electron chi connectivity index (χ3n) is 5.04. The number of nitrogens with one attached hydrogen (secondary N) is 2. The Morgan fingerprint density at radius 2 is 1.86 bits per heavy atom. The molecule has 1 aliphatic rings. The number of halogens is 4. The van der Waals surface area contributed by atoms with Gasteiger partial charge in [-0.05, 0) is 48.7 Å². The first kappa shape index (κ1) is 26.2. The van der Waals surface area contributed by atoms with Gasteiger partial charge in [0.2, 0.25) is 5.91 Å². The number of hydrogen-bond acceptors (Lipinski definition) is 6. The van der Waals surface area contributed by atoms with Crippen molar-refractivity contribution in [3.8, 4) is 5.75 Å². The molecule has 0 bridgehead atoms. The molecule has 35 heavy (non-hydrogen) atoms. The van der Waals surface area contributed by atoms with Crippen LogP contribution >= 0.6 is 11.6 Å². The summed E-state index contributed by atoms with van der Waals surface area (Å²) in [6.07, 6.45) is -4.30. The molecule has 2 aromatic rings. The van der Waals surface area contributed by atoms with Crippen LogP contribution in [0, 0.1) is 5.92 Å². The van der Waals surface area contributed by atoms with E-state index in [0.29, 0.717) is 18.2 Å². The molecule has 0 radical (unpaired) electrons. The predicted octanol–water partition coefficient (Wildman–Crippen LogP) is 3.48. The smallest absolute Gasteiger partial charge is 0.524 e. The lowest BCUT2D eigenvalue weighted by Gasteiger charge is -2.29. The van der Waals surface area contributed by atoms with Crippen molar-refractivity contribution in [3.63, 3.8) is 0 Å². The molecule has 0 spiro atoms. The van der Waals surface area contributed by atoms with Crippen molar-refractivity contribution in [3.05, 3.63) is 58.1 Å². The minimum absolute atomic E-state index is 0.0638. The van der Waals surface area contributed by atoms with Crippen molar-refractivity contribution in [1.82, 2.24) is 10.6 Å². The number of benzene rings is 2. The number of anilines is 1. The van der Waals surface area contributed by atoms with Crippen LogP contribution in [0.1, 0.15) is 46.5 Å². The largest absolute Gasteiger partial charge is 0.620 e. The summed E-state index contributed by atoms with van der Waals surface area (Å²) in [5.41, 5.74) is 4.73. The van der Waals surface area contributed by atoms with Crippen LogP contribution in [0.25, 0.3) is 0 Å². The molecule has 0 unspecified atom stereocenters. The fourth-order valence-electron chi connectivity index (χ4n) is 3.43. The fourth-order valence-corrected chi connectivity index (χ4v) is 3.63. The van der Waals surface area contributed by atoms with Crippen molar-refractivity contribution < 1.29 is 36.9 Å². The molecule has 0 aromatic heterocycles. The second-order valence-electron chi connectivity index (χ2n) is 8.33. The third-order valence-corrected chi connectivity index (χ3v) is 5.37. The van der Waals surface area contributed by atoms with Crippen LogP contribution < -0.4 is 21.0 Å². The lowest BCUT2D eigenvalue weighted by molar-refractivity contribution is -0.137. The van der Waals surface area contributed by atoms with E-state index in [0.717, 1.165) is 12.1 Å². The molecule has 0 aliphatic carbocycles.